The zero-order chi connectivity index (χ0) is 18.0. The lowest BCUT2D eigenvalue weighted by Gasteiger charge is -2.09. The maximum atomic E-state index is 11.5. The molecular formula is C15H12Cl2N4O3S. The number of ether oxygens (including phenoxy) is 1. The average Bonchev–Trinajstić information content (AvgIpc) is 3.04. The van der Waals surface area contributed by atoms with E-state index in [0.29, 0.717) is 27.3 Å². The Hall–Kier alpha value is -2.16. The van der Waals surface area contributed by atoms with Crippen molar-refractivity contribution >= 4 is 33.0 Å². The Morgan fingerprint density at radius 2 is 1.84 bits per heavy atom. The van der Waals surface area contributed by atoms with Crippen molar-refractivity contribution in [1.82, 2.24) is 20.2 Å². The van der Waals surface area contributed by atoms with Crippen LogP contribution >= 0.6 is 23.2 Å². The largest absolute Gasteiger partial charge is 0.484 e. The van der Waals surface area contributed by atoms with E-state index in [1.54, 1.807) is 30.3 Å². The number of benzene rings is 2. The number of sulfone groups is 1. The molecule has 25 heavy (non-hydrogen) atoms. The Balaban J connectivity index is 1.82. The van der Waals surface area contributed by atoms with Gasteiger partial charge < -0.3 is 4.74 Å². The fourth-order valence-corrected chi connectivity index (χ4v) is 3.05. The van der Waals surface area contributed by atoms with Gasteiger partial charge in [0, 0.05) is 6.26 Å². The summed E-state index contributed by atoms with van der Waals surface area (Å²) >= 11 is 12.0. The van der Waals surface area contributed by atoms with Gasteiger partial charge in [-0.1, -0.05) is 29.3 Å². The molecule has 0 fully saturated rings. The molecule has 3 rings (SSSR count). The Bertz CT molecular complexity index is 1000. The lowest BCUT2D eigenvalue weighted by atomic mass is 10.3. The highest BCUT2D eigenvalue weighted by atomic mass is 35.5. The summed E-state index contributed by atoms with van der Waals surface area (Å²) in [4.78, 5) is 0.216. The average molecular weight is 399 g/mol. The molecule has 0 amide bonds. The van der Waals surface area contributed by atoms with Crippen LogP contribution in [0.4, 0.5) is 0 Å². The predicted octanol–water partition coefficient (Wildman–Crippen LogP) is 2.95. The van der Waals surface area contributed by atoms with E-state index in [1.807, 2.05) is 0 Å². The highest BCUT2D eigenvalue weighted by Gasteiger charge is 2.13. The van der Waals surface area contributed by atoms with Crippen LogP contribution in [0.15, 0.2) is 47.4 Å². The van der Waals surface area contributed by atoms with Crippen LogP contribution in [0, 0.1) is 0 Å². The van der Waals surface area contributed by atoms with E-state index < -0.39 is 9.84 Å². The molecule has 10 heteroatoms. The van der Waals surface area contributed by atoms with Crippen molar-refractivity contribution in [3.63, 3.8) is 0 Å². The number of aromatic nitrogens is 4. The standard InChI is InChI=1S/C15H12Cl2N4O3S/c1-25(22,23)11-7-5-10(6-8-11)21-14(18-19-20-21)9-24-13-4-2-3-12(16)15(13)17/h2-8H,9H2,1H3. The Morgan fingerprint density at radius 1 is 1.12 bits per heavy atom. The second-order valence-electron chi connectivity index (χ2n) is 5.11. The van der Waals surface area contributed by atoms with E-state index >= 15 is 0 Å². The summed E-state index contributed by atoms with van der Waals surface area (Å²) in [6.45, 7) is 0.0564. The van der Waals surface area contributed by atoms with Gasteiger partial charge in [-0.05, 0) is 46.8 Å². The van der Waals surface area contributed by atoms with Crippen molar-refractivity contribution in [1.29, 1.82) is 0 Å². The Kier molecular flexibility index (Phi) is 4.94. The molecule has 130 valence electrons. The molecule has 3 aromatic rings. The van der Waals surface area contributed by atoms with Crippen molar-refractivity contribution in [2.24, 2.45) is 0 Å². The molecule has 0 radical (unpaired) electrons. The molecule has 0 unspecified atom stereocenters. The molecule has 0 saturated heterocycles. The van der Waals surface area contributed by atoms with Crippen LogP contribution in [-0.4, -0.2) is 34.9 Å². The first kappa shape index (κ1) is 17.7. The highest BCUT2D eigenvalue weighted by Crippen LogP contribution is 2.31. The van der Waals surface area contributed by atoms with Gasteiger partial charge in [0.15, 0.2) is 15.7 Å². The quantitative estimate of drug-likeness (QED) is 0.656. The Labute approximate surface area is 154 Å². The summed E-state index contributed by atoms with van der Waals surface area (Å²) in [6.07, 6.45) is 1.15. The molecule has 0 aliphatic heterocycles. The molecule has 0 atom stereocenters. The molecule has 0 saturated carbocycles. The van der Waals surface area contributed by atoms with E-state index in [9.17, 15) is 8.42 Å². The van der Waals surface area contributed by atoms with Crippen molar-refractivity contribution < 1.29 is 13.2 Å². The van der Waals surface area contributed by atoms with Gasteiger partial charge in [0.05, 0.1) is 15.6 Å². The van der Waals surface area contributed by atoms with Gasteiger partial charge in [-0.15, -0.1) is 5.10 Å². The number of hydrogen-bond donors (Lipinski definition) is 0. The van der Waals surface area contributed by atoms with E-state index in [0.717, 1.165) is 6.26 Å². The maximum absolute atomic E-state index is 11.5. The summed E-state index contributed by atoms with van der Waals surface area (Å²) in [6, 6.07) is 11.3. The first-order valence-electron chi connectivity index (χ1n) is 7.01. The van der Waals surface area contributed by atoms with Crippen LogP contribution in [-0.2, 0) is 16.4 Å². The van der Waals surface area contributed by atoms with Gasteiger partial charge >= 0.3 is 0 Å². The third-order valence-corrected chi connectivity index (χ3v) is 5.25. The first-order chi connectivity index (χ1) is 11.9. The molecule has 0 N–H and O–H groups in total. The smallest absolute Gasteiger partial charge is 0.194 e. The third-order valence-electron chi connectivity index (χ3n) is 3.32. The lowest BCUT2D eigenvalue weighted by Crippen LogP contribution is -2.07. The molecule has 0 aliphatic rings. The number of tetrazole rings is 1. The SMILES string of the molecule is CS(=O)(=O)c1ccc(-n2nnnc2COc2cccc(Cl)c2Cl)cc1. The van der Waals surface area contributed by atoms with Gasteiger partial charge in [-0.3, -0.25) is 0 Å². The van der Waals surface area contributed by atoms with Gasteiger partial charge in [-0.25, -0.2) is 8.42 Å². The molecule has 2 aromatic carbocycles. The van der Waals surface area contributed by atoms with Crippen molar-refractivity contribution in [2.75, 3.05) is 6.26 Å². The van der Waals surface area contributed by atoms with Crippen LogP contribution in [0.5, 0.6) is 5.75 Å². The maximum Gasteiger partial charge on any atom is 0.194 e. The first-order valence-corrected chi connectivity index (χ1v) is 9.65. The van der Waals surface area contributed by atoms with Gasteiger partial charge in [0.1, 0.15) is 17.4 Å². The second-order valence-corrected chi connectivity index (χ2v) is 7.91. The van der Waals surface area contributed by atoms with E-state index in [2.05, 4.69) is 15.5 Å². The van der Waals surface area contributed by atoms with E-state index in [4.69, 9.17) is 27.9 Å². The minimum Gasteiger partial charge on any atom is -0.484 e. The fourth-order valence-electron chi connectivity index (χ4n) is 2.07. The lowest BCUT2D eigenvalue weighted by molar-refractivity contribution is 0.292. The number of rotatable bonds is 5. The van der Waals surface area contributed by atoms with Crippen LogP contribution in [0.2, 0.25) is 10.0 Å². The fraction of sp³-hybridized carbons (Fsp3) is 0.133. The van der Waals surface area contributed by atoms with Gasteiger partial charge in [0.25, 0.3) is 0 Å². The van der Waals surface area contributed by atoms with E-state index in [-0.39, 0.29) is 11.5 Å². The molecular weight excluding hydrogens is 387 g/mol. The zero-order valence-electron chi connectivity index (χ0n) is 12.9. The minimum atomic E-state index is -3.27. The topological polar surface area (TPSA) is 87.0 Å². The molecule has 1 heterocycles. The summed E-state index contributed by atoms with van der Waals surface area (Å²) in [5.74, 6) is 0.833. The number of halogens is 2. The minimum absolute atomic E-state index is 0.0564. The molecule has 0 aliphatic carbocycles. The summed E-state index contributed by atoms with van der Waals surface area (Å²) in [5, 5.41) is 12.1. The van der Waals surface area contributed by atoms with Crippen molar-refractivity contribution in [3.05, 3.63) is 58.3 Å². The van der Waals surface area contributed by atoms with Crippen LogP contribution < -0.4 is 4.74 Å². The van der Waals surface area contributed by atoms with E-state index in [1.165, 1.54) is 16.8 Å². The molecule has 7 nitrogen and oxygen atoms in total. The van der Waals surface area contributed by atoms with Crippen LogP contribution in [0.1, 0.15) is 5.82 Å². The monoisotopic (exact) mass is 398 g/mol. The molecule has 0 bridgehead atoms. The molecule has 1 aromatic heterocycles. The summed E-state index contributed by atoms with van der Waals surface area (Å²) in [5.41, 5.74) is 0.605. The van der Waals surface area contributed by atoms with Gasteiger partial charge in [0.2, 0.25) is 0 Å². The predicted molar refractivity (Wildman–Crippen MR) is 93.1 cm³/mol. The van der Waals surface area contributed by atoms with Crippen LogP contribution in [0.25, 0.3) is 5.69 Å². The normalized spacial score (nSPS) is 11.5. The zero-order valence-corrected chi connectivity index (χ0v) is 15.3. The number of nitrogens with zero attached hydrogens (tertiary/aromatic N) is 4. The number of hydrogen-bond acceptors (Lipinski definition) is 6. The van der Waals surface area contributed by atoms with Crippen molar-refractivity contribution in [2.45, 2.75) is 11.5 Å². The van der Waals surface area contributed by atoms with Crippen molar-refractivity contribution in [3.8, 4) is 11.4 Å². The van der Waals surface area contributed by atoms with Gasteiger partial charge in [-0.2, -0.15) is 4.68 Å². The van der Waals surface area contributed by atoms with Crippen LogP contribution in [0.3, 0.4) is 0 Å². The third kappa shape index (κ3) is 3.92. The second kappa shape index (κ2) is 6.99. The summed E-state index contributed by atoms with van der Waals surface area (Å²) in [7, 11) is -3.27. The summed E-state index contributed by atoms with van der Waals surface area (Å²) < 4.78 is 30.1. The Morgan fingerprint density at radius 3 is 2.52 bits per heavy atom. The molecule has 0 spiro atoms. The highest BCUT2D eigenvalue weighted by molar-refractivity contribution is 7.90.